The van der Waals surface area contributed by atoms with Gasteiger partial charge in [-0.05, 0) is 51.5 Å². The zero-order valence-electron chi connectivity index (χ0n) is 15.5. The molecule has 0 N–H and O–H groups in total. The van der Waals surface area contributed by atoms with Crippen LogP contribution < -0.4 is 0 Å². The Bertz CT molecular complexity index is 250. The molecule has 0 aromatic carbocycles. The minimum atomic E-state index is -2.25. The van der Waals surface area contributed by atoms with Crippen LogP contribution in [0.15, 0.2) is 0 Å². The number of hydrogen-bond acceptors (Lipinski definition) is 2. The largest absolute Gasteiger partial charge is 0.391 e. The lowest BCUT2D eigenvalue weighted by Gasteiger charge is -2.45. The van der Waals surface area contributed by atoms with Crippen LogP contribution >= 0.6 is 0 Å². The molecule has 1 unspecified atom stereocenters. The third kappa shape index (κ3) is 5.86. The molecular weight excluding hydrogens is 264 g/mol. The Balaban J connectivity index is 5.60. The summed E-state index contributed by atoms with van der Waals surface area (Å²) >= 11 is 0. The van der Waals surface area contributed by atoms with Gasteiger partial charge in [0.25, 0.3) is 0 Å². The Kier molecular flexibility index (Phi) is 8.61. The predicted octanol–water partition coefficient (Wildman–Crippen LogP) is 5.76. The van der Waals surface area contributed by atoms with Gasteiger partial charge in [0.15, 0.2) is 0 Å². The summed E-state index contributed by atoms with van der Waals surface area (Å²) in [5.41, 5.74) is 1.02. The Morgan fingerprint density at radius 2 is 1.10 bits per heavy atom. The van der Waals surface area contributed by atoms with E-state index in [9.17, 15) is 0 Å². The first-order valence-corrected chi connectivity index (χ1v) is 10.4. The molecule has 0 aliphatic rings. The molecule has 0 aromatic heterocycles. The van der Waals surface area contributed by atoms with E-state index >= 15 is 0 Å². The fraction of sp³-hybridized carbons (Fsp3) is 1.00. The van der Waals surface area contributed by atoms with Gasteiger partial charge in [-0.2, -0.15) is 0 Å². The maximum atomic E-state index is 6.55. The maximum Gasteiger partial charge on any atom is 0.344 e. The van der Waals surface area contributed by atoms with Crippen molar-refractivity contribution in [1.29, 1.82) is 0 Å². The van der Waals surface area contributed by atoms with E-state index in [1.807, 2.05) is 0 Å². The summed E-state index contributed by atoms with van der Waals surface area (Å²) in [6.45, 7) is 22.4. The molecule has 0 aliphatic heterocycles. The van der Waals surface area contributed by atoms with E-state index in [0.29, 0.717) is 22.9 Å². The molecule has 0 saturated heterocycles. The van der Waals surface area contributed by atoms with Gasteiger partial charge >= 0.3 is 8.56 Å². The van der Waals surface area contributed by atoms with Gasteiger partial charge in [0, 0.05) is 17.7 Å². The van der Waals surface area contributed by atoms with Gasteiger partial charge in [-0.3, -0.25) is 0 Å². The van der Waals surface area contributed by atoms with E-state index in [1.165, 1.54) is 6.42 Å². The first kappa shape index (κ1) is 20.1. The first-order chi connectivity index (χ1) is 9.02. The SMILES string of the molecule is CC(C)CC(C(C)C)[Si](OC(C)C)(OC(C)C)C(C)C. The molecule has 0 bridgehead atoms. The highest BCUT2D eigenvalue weighted by Gasteiger charge is 2.51. The minimum Gasteiger partial charge on any atom is -0.391 e. The van der Waals surface area contributed by atoms with Gasteiger partial charge in [0.1, 0.15) is 0 Å². The van der Waals surface area contributed by atoms with Crippen molar-refractivity contribution in [2.24, 2.45) is 11.8 Å². The van der Waals surface area contributed by atoms with E-state index in [-0.39, 0.29) is 12.2 Å². The van der Waals surface area contributed by atoms with E-state index in [0.717, 1.165) is 0 Å². The van der Waals surface area contributed by atoms with E-state index in [4.69, 9.17) is 8.85 Å². The second kappa shape index (κ2) is 8.55. The maximum absolute atomic E-state index is 6.55. The van der Waals surface area contributed by atoms with Crippen molar-refractivity contribution in [2.45, 2.75) is 98.9 Å². The number of rotatable bonds is 9. The molecular formula is C17H38O2Si. The van der Waals surface area contributed by atoms with Gasteiger partial charge in [0.05, 0.1) is 0 Å². The molecule has 0 saturated carbocycles. The molecule has 0 spiro atoms. The lowest BCUT2D eigenvalue weighted by atomic mass is 10.00. The predicted molar refractivity (Wildman–Crippen MR) is 91.3 cm³/mol. The van der Waals surface area contributed by atoms with E-state index in [2.05, 4.69) is 69.2 Å². The standard InChI is InChI=1S/C17H38O2Si/c1-12(2)11-17(13(3)4)20(16(9)10,18-14(5)6)19-15(7)8/h12-17H,11H2,1-10H3. The van der Waals surface area contributed by atoms with Gasteiger partial charge in [-0.1, -0.05) is 41.5 Å². The van der Waals surface area contributed by atoms with Crippen LogP contribution in [0.2, 0.25) is 11.1 Å². The summed E-state index contributed by atoms with van der Waals surface area (Å²) in [4.78, 5) is 0. The van der Waals surface area contributed by atoms with Crippen LogP contribution in [0.25, 0.3) is 0 Å². The zero-order valence-corrected chi connectivity index (χ0v) is 16.5. The average Bonchev–Trinajstić information content (AvgIpc) is 2.22. The molecule has 0 heterocycles. The highest BCUT2D eigenvalue weighted by molar-refractivity contribution is 6.70. The highest BCUT2D eigenvalue weighted by atomic mass is 28.4. The fourth-order valence-electron chi connectivity index (χ4n) is 3.05. The van der Waals surface area contributed by atoms with E-state index < -0.39 is 8.56 Å². The van der Waals surface area contributed by atoms with Crippen LogP contribution in [0.3, 0.4) is 0 Å². The lowest BCUT2D eigenvalue weighted by Crippen LogP contribution is -2.54. The molecule has 1 atom stereocenters. The van der Waals surface area contributed by atoms with Crippen molar-refractivity contribution in [1.82, 2.24) is 0 Å². The summed E-state index contributed by atoms with van der Waals surface area (Å²) in [5, 5.41) is 0. The summed E-state index contributed by atoms with van der Waals surface area (Å²) in [6.07, 6.45) is 1.66. The second-order valence-corrected chi connectivity index (χ2v) is 11.5. The molecule has 0 radical (unpaired) electrons. The van der Waals surface area contributed by atoms with Gasteiger partial charge in [0.2, 0.25) is 0 Å². The zero-order chi connectivity index (χ0) is 16.1. The van der Waals surface area contributed by atoms with Crippen molar-refractivity contribution in [3.63, 3.8) is 0 Å². The third-order valence-electron chi connectivity index (χ3n) is 3.69. The molecule has 0 aromatic rings. The molecule has 0 aliphatic carbocycles. The molecule has 20 heavy (non-hydrogen) atoms. The molecule has 0 fully saturated rings. The van der Waals surface area contributed by atoms with Gasteiger partial charge < -0.3 is 8.85 Å². The molecule has 0 amide bonds. The van der Waals surface area contributed by atoms with Crippen molar-refractivity contribution >= 4 is 8.56 Å². The van der Waals surface area contributed by atoms with Crippen LogP contribution in [0, 0.1) is 11.8 Å². The van der Waals surface area contributed by atoms with Crippen LogP contribution in [0.5, 0.6) is 0 Å². The third-order valence-corrected chi connectivity index (χ3v) is 8.92. The number of hydrogen-bond donors (Lipinski definition) is 0. The topological polar surface area (TPSA) is 18.5 Å². The monoisotopic (exact) mass is 302 g/mol. The Morgan fingerprint density at radius 1 is 0.700 bits per heavy atom. The lowest BCUT2D eigenvalue weighted by molar-refractivity contribution is 0.0829. The second-order valence-electron chi connectivity index (χ2n) is 7.69. The van der Waals surface area contributed by atoms with E-state index in [1.54, 1.807) is 0 Å². The van der Waals surface area contributed by atoms with Crippen LogP contribution in [-0.4, -0.2) is 20.8 Å². The van der Waals surface area contributed by atoms with Gasteiger partial charge in [-0.15, -0.1) is 0 Å². The van der Waals surface area contributed by atoms with Crippen LogP contribution in [0.1, 0.15) is 75.7 Å². The summed E-state index contributed by atoms with van der Waals surface area (Å²) in [5.74, 6) is 1.28. The van der Waals surface area contributed by atoms with Crippen molar-refractivity contribution in [3.8, 4) is 0 Å². The normalized spacial score (nSPS) is 15.2. The highest BCUT2D eigenvalue weighted by Crippen LogP contribution is 2.44. The fourth-order valence-corrected chi connectivity index (χ4v) is 8.06. The first-order valence-electron chi connectivity index (χ1n) is 8.38. The van der Waals surface area contributed by atoms with Crippen LogP contribution in [-0.2, 0) is 8.85 Å². The Labute approximate surface area is 128 Å². The molecule has 122 valence electrons. The summed E-state index contributed by atoms with van der Waals surface area (Å²) < 4.78 is 13.1. The Morgan fingerprint density at radius 3 is 1.30 bits per heavy atom. The summed E-state index contributed by atoms with van der Waals surface area (Å²) in [7, 11) is -2.25. The molecule has 0 rings (SSSR count). The average molecular weight is 303 g/mol. The van der Waals surface area contributed by atoms with Crippen molar-refractivity contribution < 1.29 is 8.85 Å². The van der Waals surface area contributed by atoms with Crippen molar-refractivity contribution in [2.75, 3.05) is 0 Å². The molecule has 2 nitrogen and oxygen atoms in total. The van der Waals surface area contributed by atoms with Gasteiger partial charge in [-0.25, -0.2) is 0 Å². The van der Waals surface area contributed by atoms with Crippen molar-refractivity contribution in [3.05, 3.63) is 0 Å². The quantitative estimate of drug-likeness (QED) is 0.504. The molecule has 3 heteroatoms. The smallest absolute Gasteiger partial charge is 0.344 e. The van der Waals surface area contributed by atoms with Crippen LogP contribution in [0.4, 0.5) is 0 Å². The summed E-state index contributed by atoms with van der Waals surface area (Å²) in [6, 6.07) is 0. The Hall–Kier alpha value is 0.137. The minimum absolute atomic E-state index is 0.233.